The molecule has 1 heterocycles. The molecule has 0 spiro atoms. The minimum Gasteiger partial charge on any atom is -0.385 e. The van der Waals surface area contributed by atoms with Crippen molar-refractivity contribution in [2.75, 3.05) is 20.3 Å². The lowest BCUT2D eigenvalue weighted by Gasteiger charge is -2.30. The minimum absolute atomic E-state index is 0.121. The highest BCUT2D eigenvalue weighted by molar-refractivity contribution is 7.01. The van der Waals surface area contributed by atoms with Crippen LogP contribution in [0.5, 0.6) is 0 Å². The molecule has 0 aliphatic carbocycles. The predicted molar refractivity (Wildman–Crippen MR) is 317 cm³/mol. The minimum atomic E-state index is -1.56. The van der Waals surface area contributed by atoms with E-state index in [1.807, 2.05) is 64.1 Å². The Morgan fingerprint density at radius 3 is 1.11 bits per heavy atom. The maximum atomic E-state index is 10.6. The number of rotatable bonds is 9. The Labute approximate surface area is 435 Å². The number of ether oxygens (including phenoxy) is 2. The second-order valence-corrected chi connectivity index (χ2v) is 32.8. The van der Waals surface area contributed by atoms with Crippen LogP contribution >= 0.6 is 0 Å². The van der Waals surface area contributed by atoms with E-state index in [0.29, 0.717) is 11.5 Å². The summed E-state index contributed by atoms with van der Waals surface area (Å²) >= 11 is 0. The van der Waals surface area contributed by atoms with Gasteiger partial charge in [-0.05, 0) is 96.1 Å². The molecule has 0 bridgehead atoms. The summed E-state index contributed by atoms with van der Waals surface area (Å²) in [6, 6.07) is 44.6. The molecule has 1 aliphatic rings. The molecule has 0 radical (unpaired) electrons. The molecule has 7 heteroatoms. The first-order valence-electron chi connectivity index (χ1n) is 26.1. The van der Waals surface area contributed by atoms with Crippen molar-refractivity contribution in [1.29, 1.82) is 0 Å². The SMILES string of the molecule is CC(=O)C(C)(C)C.CC(=O)c1ccccc1.CC(C)(C)C.CC(C)=O.CC(C)C[Si](C)(C)C.CC(C)C[Si](C)(c1ccccc1)c1ccccc1.CC1CCCCO1.CCOC.CCc1ccccc1. The quantitative estimate of drug-likeness (QED) is 0.123. The summed E-state index contributed by atoms with van der Waals surface area (Å²) in [5.41, 5.74) is 2.55. The number of hydrogen-bond donors (Lipinski definition) is 0. The fourth-order valence-electron chi connectivity index (χ4n) is 6.34. The summed E-state index contributed by atoms with van der Waals surface area (Å²) < 4.78 is 9.82. The number of hydrogen-bond acceptors (Lipinski definition) is 5. The van der Waals surface area contributed by atoms with Gasteiger partial charge in [0.05, 0.1) is 6.10 Å². The molecule has 1 fully saturated rings. The van der Waals surface area contributed by atoms with Gasteiger partial charge in [0, 0.05) is 39.4 Å². The molecule has 70 heavy (non-hydrogen) atoms. The Morgan fingerprint density at radius 2 is 0.943 bits per heavy atom. The lowest BCUT2D eigenvalue weighted by Crippen LogP contribution is -2.56. The number of aryl methyl sites for hydroxylation is 1. The highest BCUT2D eigenvalue weighted by atomic mass is 28.3. The van der Waals surface area contributed by atoms with E-state index in [9.17, 15) is 14.4 Å². The van der Waals surface area contributed by atoms with Crippen LogP contribution in [0.3, 0.4) is 0 Å². The number of carbonyl (C=O) groups excluding carboxylic acids is 3. The molecule has 0 aromatic heterocycles. The van der Waals surface area contributed by atoms with Gasteiger partial charge in [-0.1, -0.05) is 247 Å². The summed E-state index contributed by atoms with van der Waals surface area (Å²) in [6.45, 7) is 47.8. The van der Waals surface area contributed by atoms with Crippen molar-refractivity contribution in [3.63, 3.8) is 0 Å². The Hall–Kier alpha value is -3.76. The van der Waals surface area contributed by atoms with E-state index in [2.05, 4.69) is 185 Å². The molecule has 5 rings (SSSR count). The van der Waals surface area contributed by atoms with Gasteiger partial charge in [0.15, 0.2) is 5.78 Å². The highest BCUT2D eigenvalue weighted by Gasteiger charge is 2.32. The fourth-order valence-corrected chi connectivity index (χ4v) is 13.1. The van der Waals surface area contributed by atoms with Gasteiger partial charge in [-0.2, -0.15) is 0 Å². The molecule has 0 saturated carbocycles. The zero-order chi connectivity index (χ0) is 55.0. The standard InChI is InChI=1S/C17H22Si.C8H8O.C8H10.C7H18Si.2C6H12O.C5H12.C3H8O.C3H6O/c1-15(2)14-18(3,16-10-6-4-7-11-16)17-12-8-5-9-13-17;1-7(9)8-5-3-2-4-6-8;1-2-8-6-4-3-5-7-8;1-7(2)6-8(3,4)5;1-6-4-2-3-5-7-6;1-5(7)6(2,3)4;1-5(2,3)4;1-3-4-2;1-3(2)4/h4-13,15H,14H2,1-3H3;2-6H,1H3;3-7H,2H2,1H3;7H,6H2,1-5H3;6H,2-5H2,1H3;1-4H3;1-4H3;3H2,1-2H3;1-2H3. The second-order valence-electron chi connectivity index (χ2n) is 23.1. The third kappa shape index (κ3) is 50.6. The van der Waals surface area contributed by atoms with Gasteiger partial charge >= 0.3 is 0 Å². The molecule has 398 valence electrons. The summed E-state index contributed by atoms with van der Waals surface area (Å²) in [6.07, 6.45) is 5.57. The summed E-state index contributed by atoms with van der Waals surface area (Å²) in [5.74, 6) is 2.17. The van der Waals surface area contributed by atoms with E-state index in [-0.39, 0.29) is 22.8 Å². The number of ketones is 3. The Bertz CT molecular complexity index is 1750. The first-order valence-corrected chi connectivity index (χ1v) is 32.5. The number of methoxy groups -OCH3 is 1. The molecule has 1 aliphatic heterocycles. The maximum absolute atomic E-state index is 10.6. The van der Waals surface area contributed by atoms with Crippen molar-refractivity contribution >= 4 is 43.9 Å². The van der Waals surface area contributed by atoms with Gasteiger partial charge in [0.2, 0.25) is 0 Å². The highest BCUT2D eigenvalue weighted by Crippen LogP contribution is 2.18. The number of carbonyl (C=O) groups is 3. The van der Waals surface area contributed by atoms with Gasteiger partial charge in [0.1, 0.15) is 19.6 Å². The average Bonchev–Trinajstić information content (AvgIpc) is 3.27. The number of benzene rings is 4. The Morgan fingerprint density at radius 1 is 0.614 bits per heavy atom. The lowest BCUT2D eigenvalue weighted by atomic mass is 9.92. The normalized spacial score (nSPS) is 12.8. The lowest BCUT2D eigenvalue weighted by molar-refractivity contribution is -0.124. The van der Waals surface area contributed by atoms with Gasteiger partial charge < -0.3 is 14.3 Å². The van der Waals surface area contributed by atoms with E-state index in [0.717, 1.165) is 37.0 Å². The third-order valence-electron chi connectivity index (χ3n) is 9.84. The van der Waals surface area contributed by atoms with Crippen LogP contribution < -0.4 is 10.4 Å². The molecule has 5 nitrogen and oxygen atoms in total. The topological polar surface area (TPSA) is 69.7 Å². The molecular formula is C63H108O5Si2. The average molecular weight is 1000 g/mol. The van der Waals surface area contributed by atoms with Crippen molar-refractivity contribution < 1.29 is 23.9 Å². The van der Waals surface area contributed by atoms with Gasteiger partial charge in [-0.15, -0.1) is 0 Å². The van der Waals surface area contributed by atoms with E-state index < -0.39 is 16.1 Å². The van der Waals surface area contributed by atoms with Crippen LogP contribution in [-0.2, 0) is 25.5 Å². The predicted octanol–water partition coefficient (Wildman–Crippen LogP) is 17.2. The molecular weight excluding hydrogens is 893 g/mol. The maximum Gasteiger partial charge on any atom is 0.159 e. The van der Waals surface area contributed by atoms with Crippen LogP contribution in [0.4, 0.5) is 0 Å². The number of Topliss-reactive ketones (excluding diaryl/α,β-unsaturated/α-hetero) is 3. The first kappa shape index (κ1) is 72.8. The van der Waals surface area contributed by atoms with Crippen molar-refractivity contribution in [2.24, 2.45) is 22.7 Å². The van der Waals surface area contributed by atoms with Crippen molar-refractivity contribution in [2.45, 2.75) is 195 Å². The van der Waals surface area contributed by atoms with Crippen LogP contribution in [0, 0.1) is 22.7 Å². The fraction of sp³-hybridized carbons (Fsp3) is 0.571. The third-order valence-corrected chi connectivity index (χ3v) is 16.7. The Kier molecular flexibility index (Phi) is 43.5. The zero-order valence-corrected chi connectivity index (χ0v) is 51.5. The van der Waals surface area contributed by atoms with E-state index >= 15 is 0 Å². The molecule has 1 unspecified atom stereocenters. The van der Waals surface area contributed by atoms with Gasteiger partial charge in [-0.3, -0.25) is 9.59 Å². The van der Waals surface area contributed by atoms with Crippen LogP contribution in [-0.4, -0.2) is 59.9 Å². The first-order chi connectivity index (χ1) is 32.3. The molecule has 1 atom stereocenters. The second kappa shape index (κ2) is 41.8. The molecule has 4 aromatic rings. The molecule has 4 aromatic carbocycles. The van der Waals surface area contributed by atoms with Crippen molar-refractivity contribution in [1.82, 2.24) is 0 Å². The smallest absolute Gasteiger partial charge is 0.159 e. The van der Waals surface area contributed by atoms with Crippen LogP contribution in [0.15, 0.2) is 121 Å². The Balaban J connectivity index is -0.000000368. The summed E-state index contributed by atoms with van der Waals surface area (Å²) in [4.78, 5) is 30.6. The van der Waals surface area contributed by atoms with Gasteiger partial charge in [0.25, 0.3) is 0 Å². The molecule has 0 amide bonds. The van der Waals surface area contributed by atoms with Crippen LogP contribution in [0.2, 0.25) is 38.3 Å². The van der Waals surface area contributed by atoms with E-state index in [1.54, 1.807) is 31.3 Å². The van der Waals surface area contributed by atoms with Crippen molar-refractivity contribution in [3.05, 3.63) is 132 Å². The zero-order valence-electron chi connectivity index (χ0n) is 49.5. The molecule has 1 saturated heterocycles. The molecule has 0 N–H and O–H groups in total. The van der Waals surface area contributed by atoms with Gasteiger partial charge in [-0.25, -0.2) is 0 Å². The monoisotopic (exact) mass is 1000 g/mol. The van der Waals surface area contributed by atoms with Crippen LogP contribution in [0.25, 0.3) is 0 Å². The van der Waals surface area contributed by atoms with E-state index in [1.165, 1.54) is 50.8 Å². The largest absolute Gasteiger partial charge is 0.385 e. The summed E-state index contributed by atoms with van der Waals surface area (Å²) in [5, 5.41) is 3.09. The van der Waals surface area contributed by atoms with Crippen molar-refractivity contribution in [3.8, 4) is 0 Å². The summed E-state index contributed by atoms with van der Waals surface area (Å²) in [7, 11) is -0.604. The van der Waals surface area contributed by atoms with E-state index in [4.69, 9.17) is 4.74 Å². The van der Waals surface area contributed by atoms with Crippen LogP contribution in [0.1, 0.15) is 160 Å².